The van der Waals surface area contributed by atoms with Crippen LogP contribution in [0, 0.1) is 0 Å². The Hall–Kier alpha value is -0.0800. The fourth-order valence-electron chi connectivity index (χ4n) is 2.98. The van der Waals surface area contributed by atoms with Gasteiger partial charge >= 0.3 is 0 Å². The van der Waals surface area contributed by atoms with Crippen molar-refractivity contribution in [2.24, 2.45) is 0 Å². The van der Waals surface area contributed by atoms with Crippen LogP contribution < -0.4 is 5.32 Å². The number of nitrogens with one attached hydrogen (secondary N) is 1. The number of piperazine rings is 1. The summed E-state index contributed by atoms with van der Waals surface area (Å²) in [6, 6.07) is 0.774. The van der Waals surface area contributed by atoms with E-state index in [9.17, 15) is 0 Å². The third-order valence-electron chi connectivity index (χ3n) is 4.53. The van der Waals surface area contributed by atoms with Crippen LogP contribution in [0.25, 0.3) is 0 Å². The normalized spacial score (nSPS) is 29.7. The van der Waals surface area contributed by atoms with E-state index in [2.05, 4.69) is 37.9 Å². The lowest BCUT2D eigenvalue weighted by molar-refractivity contribution is 0.0775. The molecule has 1 heterocycles. The first-order valence-electron chi connectivity index (χ1n) is 8.14. The number of unbranched alkanes of at least 4 members (excludes halogenated alkanes) is 3. The second-order valence-corrected chi connectivity index (χ2v) is 6.27. The van der Waals surface area contributed by atoms with Crippen LogP contribution in [0.5, 0.6) is 0 Å². The van der Waals surface area contributed by atoms with E-state index in [0.29, 0.717) is 5.54 Å². The molecule has 0 aliphatic carbocycles. The number of hydrogen-bond acceptors (Lipinski definition) is 2. The van der Waals surface area contributed by atoms with Crippen molar-refractivity contribution in [1.29, 1.82) is 0 Å². The minimum atomic E-state index is 0.342. The van der Waals surface area contributed by atoms with Crippen LogP contribution in [0.4, 0.5) is 0 Å². The molecule has 1 fully saturated rings. The topological polar surface area (TPSA) is 15.3 Å². The third kappa shape index (κ3) is 4.89. The van der Waals surface area contributed by atoms with Gasteiger partial charge in [-0.2, -0.15) is 0 Å². The minimum absolute atomic E-state index is 0.342. The first-order chi connectivity index (χ1) is 8.65. The Kier molecular flexibility index (Phi) is 7.25. The van der Waals surface area contributed by atoms with Crippen LogP contribution in [0.15, 0.2) is 0 Å². The number of hydrogen-bond donors (Lipinski definition) is 1. The van der Waals surface area contributed by atoms with Crippen molar-refractivity contribution in [3.8, 4) is 0 Å². The molecule has 0 amide bonds. The lowest BCUT2D eigenvalue weighted by Gasteiger charge is -2.46. The van der Waals surface area contributed by atoms with Gasteiger partial charge in [-0.25, -0.2) is 0 Å². The van der Waals surface area contributed by atoms with Crippen molar-refractivity contribution < 1.29 is 0 Å². The van der Waals surface area contributed by atoms with Gasteiger partial charge in [0.15, 0.2) is 0 Å². The van der Waals surface area contributed by atoms with Gasteiger partial charge < -0.3 is 5.32 Å². The maximum atomic E-state index is 3.77. The Bertz CT molecular complexity index is 217. The van der Waals surface area contributed by atoms with Gasteiger partial charge in [0, 0.05) is 24.7 Å². The molecule has 1 N–H and O–H groups in total. The summed E-state index contributed by atoms with van der Waals surface area (Å²) in [4.78, 5) is 2.76. The summed E-state index contributed by atoms with van der Waals surface area (Å²) in [7, 11) is 0. The maximum absolute atomic E-state index is 3.77. The highest BCUT2D eigenvalue weighted by atomic mass is 15.2. The Balaban J connectivity index is 2.44. The molecule has 0 saturated carbocycles. The number of rotatable bonds is 8. The van der Waals surface area contributed by atoms with Gasteiger partial charge in [-0.1, -0.05) is 46.5 Å². The first kappa shape index (κ1) is 16.0. The molecule has 0 bridgehead atoms. The summed E-state index contributed by atoms with van der Waals surface area (Å²) in [5.41, 5.74) is 0.342. The van der Waals surface area contributed by atoms with E-state index in [1.54, 1.807) is 0 Å². The van der Waals surface area contributed by atoms with Crippen molar-refractivity contribution >= 4 is 0 Å². The zero-order valence-electron chi connectivity index (χ0n) is 13.1. The highest BCUT2D eigenvalue weighted by Gasteiger charge is 2.33. The molecular formula is C16H34N2. The largest absolute Gasteiger partial charge is 0.309 e. The Morgan fingerprint density at radius 2 is 1.89 bits per heavy atom. The van der Waals surface area contributed by atoms with Crippen LogP contribution in [0.1, 0.15) is 72.6 Å². The van der Waals surface area contributed by atoms with Crippen molar-refractivity contribution in [3.63, 3.8) is 0 Å². The van der Waals surface area contributed by atoms with Crippen molar-refractivity contribution in [1.82, 2.24) is 10.2 Å². The molecule has 0 aromatic heterocycles. The fourth-order valence-corrected chi connectivity index (χ4v) is 2.98. The predicted octanol–water partition coefficient (Wildman–Crippen LogP) is 3.81. The van der Waals surface area contributed by atoms with Gasteiger partial charge in [-0.3, -0.25) is 4.90 Å². The van der Waals surface area contributed by atoms with E-state index >= 15 is 0 Å². The molecule has 1 rings (SSSR count). The van der Waals surface area contributed by atoms with E-state index in [1.165, 1.54) is 64.6 Å². The van der Waals surface area contributed by atoms with Gasteiger partial charge in [0.2, 0.25) is 0 Å². The molecule has 1 saturated heterocycles. The Morgan fingerprint density at radius 1 is 1.11 bits per heavy atom. The highest BCUT2D eigenvalue weighted by Crippen LogP contribution is 2.21. The predicted molar refractivity (Wildman–Crippen MR) is 81.1 cm³/mol. The first-order valence-corrected chi connectivity index (χ1v) is 8.14. The average Bonchev–Trinajstić information content (AvgIpc) is 2.38. The molecule has 108 valence electrons. The Morgan fingerprint density at radius 3 is 2.50 bits per heavy atom. The lowest BCUT2D eigenvalue weighted by Crippen LogP contribution is -2.62. The summed E-state index contributed by atoms with van der Waals surface area (Å²) in [5.74, 6) is 0. The minimum Gasteiger partial charge on any atom is -0.309 e. The van der Waals surface area contributed by atoms with Gasteiger partial charge in [0.05, 0.1) is 0 Å². The molecule has 0 radical (unpaired) electrons. The standard InChI is InChI=1S/C16H34N2/c1-5-8-9-10-12-18-14-16(4,7-3)17-13-15(18)11-6-2/h15,17H,5-14H2,1-4H3. The van der Waals surface area contributed by atoms with Gasteiger partial charge in [-0.15, -0.1) is 0 Å². The van der Waals surface area contributed by atoms with Crippen LogP contribution in [0.2, 0.25) is 0 Å². The van der Waals surface area contributed by atoms with E-state index in [1.807, 2.05) is 0 Å². The van der Waals surface area contributed by atoms with Crippen LogP contribution in [-0.4, -0.2) is 36.1 Å². The molecular weight excluding hydrogens is 220 g/mol. The molecule has 1 aliphatic heterocycles. The van der Waals surface area contributed by atoms with Crippen LogP contribution in [-0.2, 0) is 0 Å². The molecule has 18 heavy (non-hydrogen) atoms. The summed E-state index contributed by atoms with van der Waals surface area (Å²) in [6.45, 7) is 13.0. The molecule has 2 nitrogen and oxygen atoms in total. The fraction of sp³-hybridized carbons (Fsp3) is 1.00. The molecule has 2 heteroatoms. The molecule has 1 aliphatic rings. The van der Waals surface area contributed by atoms with Gasteiger partial charge in [-0.05, 0) is 32.7 Å². The zero-order chi connectivity index (χ0) is 13.4. The molecule has 0 spiro atoms. The number of nitrogens with zero attached hydrogens (tertiary/aromatic N) is 1. The van der Waals surface area contributed by atoms with Crippen LogP contribution in [0.3, 0.4) is 0 Å². The maximum Gasteiger partial charge on any atom is 0.0278 e. The quantitative estimate of drug-likeness (QED) is 0.663. The Labute approximate surface area is 115 Å². The summed E-state index contributed by atoms with van der Waals surface area (Å²) < 4.78 is 0. The summed E-state index contributed by atoms with van der Waals surface area (Å²) in [6.07, 6.45) is 9.41. The van der Waals surface area contributed by atoms with E-state index in [-0.39, 0.29) is 0 Å². The van der Waals surface area contributed by atoms with Crippen molar-refractivity contribution in [2.75, 3.05) is 19.6 Å². The SMILES string of the molecule is CCCCCCN1CC(C)(CC)NCC1CCC. The third-order valence-corrected chi connectivity index (χ3v) is 4.53. The average molecular weight is 254 g/mol. The molecule has 0 aromatic rings. The summed E-state index contributed by atoms with van der Waals surface area (Å²) >= 11 is 0. The van der Waals surface area contributed by atoms with Gasteiger partial charge in [0.25, 0.3) is 0 Å². The molecule has 2 atom stereocenters. The van der Waals surface area contributed by atoms with E-state index in [4.69, 9.17) is 0 Å². The van der Waals surface area contributed by atoms with Crippen LogP contribution >= 0.6 is 0 Å². The highest BCUT2D eigenvalue weighted by molar-refractivity contribution is 4.94. The smallest absolute Gasteiger partial charge is 0.0278 e. The van der Waals surface area contributed by atoms with E-state index in [0.717, 1.165) is 6.04 Å². The lowest BCUT2D eigenvalue weighted by atomic mass is 9.92. The van der Waals surface area contributed by atoms with E-state index < -0.39 is 0 Å². The van der Waals surface area contributed by atoms with Gasteiger partial charge in [0.1, 0.15) is 0 Å². The van der Waals surface area contributed by atoms with Crippen molar-refractivity contribution in [3.05, 3.63) is 0 Å². The second kappa shape index (κ2) is 8.16. The molecule has 2 unspecified atom stereocenters. The zero-order valence-corrected chi connectivity index (χ0v) is 13.1. The summed E-state index contributed by atoms with van der Waals surface area (Å²) in [5, 5.41) is 3.77. The monoisotopic (exact) mass is 254 g/mol. The second-order valence-electron chi connectivity index (χ2n) is 6.27. The van der Waals surface area contributed by atoms with Crippen molar-refractivity contribution in [2.45, 2.75) is 84.2 Å². The molecule has 0 aromatic carbocycles.